The second-order valence-corrected chi connectivity index (χ2v) is 6.84. The molecule has 0 spiro atoms. The zero-order valence-electron chi connectivity index (χ0n) is 16.4. The third kappa shape index (κ3) is 4.76. The van der Waals surface area contributed by atoms with Crippen LogP contribution in [0, 0.1) is 26.6 Å². The highest BCUT2D eigenvalue weighted by Gasteiger charge is 2.35. The van der Waals surface area contributed by atoms with Gasteiger partial charge >= 0.3 is 6.18 Å². The topological polar surface area (TPSA) is 51.2 Å². The van der Waals surface area contributed by atoms with Crippen molar-refractivity contribution in [1.82, 2.24) is 4.98 Å². The molecule has 0 radical (unpaired) electrons. The summed E-state index contributed by atoms with van der Waals surface area (Å²) < 4.78 is 59.0. The maximum absolute atomic E-state index is 14.2. The predicted octanol–water partition coefficient (Wildman–Crippen LogP) is 6.21. The van der Waals surface area contributed by atoms with E-state index in [-0.39, 0.29) is 17.1 Å². The number of ether oxygens (including phenoxy) is 1. The number of amides is 1. The normalized spacial score (nSPS) is 11.3. The Balaban J connectivity index is 1.78. The van der Waals surface area contributed by atoms with E-state index in [1.165, 1.54) is 36.4 Å². The Morgan fingerprint density at radius 2 is 1.70 bits per heavy atom. The molecule has 0 bridgehead atoms. The fraction of sp³-hybridized carbons (Fsp3) is 0.182. The Morgan fingerprint density at radius 1 is 1.03 bits per heavy atom. The van der Waals surface area contributed by atoms with E-state index in [0.717, 1.165) is 6.20 Å². The van der Waals surface area contributed by atoms with Crippen LogP contribution < -0.4 is 10.1 Å². The number of nitrogens with one attached hydrogen (secondary N) is 1. The number of pyridine rings is 1. The molecule has 0 fully saturated rings. The summed E-state index contributed by atoms with van der Waals surface area (Å²) in [6.07, 6.45) is -3.89. The number of aromatic nitrogens is 1. The number of anilines is 1. The van der Waals surface area contributed by atoms with Gasteiger partial charge < -0.3 is 10.1 Å². The Hall–Kier alpha value is -3.42. The van der Waals surface area contributed by atoms with Crippen molar-refractivity contribution in [3.05, 3.63) is 82.4 Å². The third-order valence-corrected chi connectivity index (χ3v) is 4.31. The largest absolute Gasteiger partial charge is 0.457 e. The molecule has 3 rings (SSSR count). The molecule has 1 amide bonds. The minimum atomic E-state index is -4.61. The number of hydrogen-bond acceptors (Lipinski definition) is 3. The maximum atomic E-state index is 14.2. The van der Waals surface area contributed by atoms with Gasteiger partial charge in [-0.05, 0) is 62.2 Å². The van der Waals surface area contributed by atoms with Crippen LogP contribution in [-0.2, 0) is 6.18 Å². The van der Waals surface area contributed by atoms with Crippen molar-refractivity contribution in [2.45, 2.75) is 26.9 Å². The number of halogens is 4. The van der Waals surface area contributed by atoms with E-state index in [1.54, 1.807) is 26.8 Å². The number of hydrogen-bond donors (Lipinski definition) is 1. The standard InChI is InChI=1S/C22H18F4N2O2/c1-12-8-13(2)20(18(23)9-12)21(29)28-15-4-6-16(7-5-15)30-19-10-14(3)27-11-17(19)22(24,25)26/h4-11H,1-3H3,(H,28,29). The molecule has 0 saturated carbocycles. The number of benzene rings is 2. The first-order valence-corrected chi connectivity index (χ1v) is 8.94. The molecule has 4 nitrogen and oxygen atoms in total. The van der Waals surface area contributed by atoms with Gasteiger partial charge in [0.1, 0.15) is 22.9 Å². The van der Waals surface area contributed by atoms with E-state index in [9.17, 15) is 22.4 Å². The third-order valence-electron chi connectivity index (χ3n) is 4.31. The average Bonchev–Trinajstić information content (AvgIpc) is 2.61. The van der Waals surface area contributed by atoms with E-state index < -0.39 is 23.5 Å². The lowest BCUT2D eigenvalue weighted by molar-refractivity contribution is -0.138. The van der Waals surface area contributed by atoms with E-state index in [2.05, 4.69) is 10.3 Å². The smallest absolute Gasteiger partial charge is 0.421 e. The van der Waals surface area contributed by atoms with Crippen LogP contribution >= 0.6 is 0 Å². The van der Waals surface area contributed by atoms with Crippen LogP contribution in [0.2, 0.25) is 0 Å². The monoisotopic (exact) mass is 418 g/mol. The highest BCUT2D eigenvalue weighted by molar-refractivity contribution is 6.05. The summed E-state index contributed by atoms with van der Waals surface area (Å²) in [7, 11) is 0. The molecule has 0 aliphatic rings. The van der Waals surface area contributed by atoms with Gasteiger partial charge in [0.2, 0.25) is 0 Å². The van der Waals surface area contributed by atoms with Crippen molar-refractivity contribution in [3.8, 4) is 11.5 Å². The zero-order chi connectivity index (χ0) is 22.1. The lowest BCUT2D eigenvalue weighted by Gasteiger charge is -2.14. The van der Waals surface area contributed by atoms with E-state index in [4.69, 9.17) is 4.74 Å². The van der Waals surface area contributed by atoms with E-state index >= 15 is 0 Å². The second kappa shape index (κ2) is 8.14. The zero-order valence-corrected chi connectivity index (χ0v) is 16.4. The van der Waals surface area contributed by atoms with Crippen molar-refractivity contribution < 1.29 is 27.1 Å². The molecular formula is C22H18F4N2O2. The summed E-state index contributed by atoms with van der Waals surface area (Å²) in [5.41, 5.74) is 0.857. The number of nitrogens with zero attached hydrogens (tertiary/aromatic N) is 1. The Morgan fingerprint density at radius 3 is 2.30 bits per heavy atom. The quantitative estimate of drug-likeness (QED) is 0.513. The number of carbonyl (C=O) groups excluding carboxylic acids is 1. The molecule has 1 heterocycles. The lowest BCUT2D eigenvalue weighted by Crippen LogP contribution is -2.15. The van der Waals surface area contributed by atoms with Crippen molar-refractivity contribution in [2.24, 2.45) is 0 Å². The van der Waals surface area contributed by atoms with Crippen molar-refractivity contribution in [1.29, 1.82) is 0 Å². The van der Waals surface area contributed by atoms with Gasteiger partial charge in [-0.25, -0.2) is 4.39 Å². The molecular weight excluding hydrogens is 400 g/mol. The first kappa shape index (κ1) is 21.3. The molecule has 0 atom stereocenters. The van der Waals surface area contributed by atoms with Crippen LogP contribution in [-0.4, -0.2) is 10.9 Å². The number of aryl methyl sites for hydroxylation is 3. The molecule has 30 heavy (non-hydrogen) atoms. The van der Waals surface area contributed by atoms with Gasteiger partial charge in [0.15, 0.2) is 0 Å². The molecule has 1 N–H and O–H groups in total. The summed E-state index contributed by atoms with van der Waals surface area (Å²) in [6.45, 7) is 4.92. The first-order chi connectivity index (χ1) is 14.0. The Kier molecular flexibility index (Phi) is 5.78. The van der Waals surface area contributed by atoms with Gasteiger partial charge in [-0.2, -0.15) is 13.2 Å². The fourth-order valence-electron chi connectivity index (χ4n) is 2.96. The molecule has 8 heteroatoms. The minimum absolute atomic E-state index is 0.0667. The summed E-state index contributed by atoms with van der Waals surface area (Å²) in [5.74, 6) is -1.48. The minimum Gasteiger partial charge on any atom is -0.457 e. The van der Waals surface area contributed by atoms with Crippen molar-refractivity contribution in [2.75, 3.05) is 5.32 Å². The molecule has 0 saturated heterocycles. The molecule has 0 aliphatic carbocycles. The second-order valence-electron chi connectivity index (χ2n) is 6.84. The van der Waals surface area contributed by atoms with Crippen LogP contribution in [0.15, 0.2) is 48.7 Å². The molecule has 3 aromatic rings. The SMILES string of the molecule is Cc1cc(C)c(C(=O)Nc2ccc(Oc3cc(C)ncc3C(F)(F)F)cc2)c(F)c1. The Labute approximate surface area is 170 Å². The van der Waals surface area contributed by atoms with Crippen LogP contribution in [0.25, 0.3) is 0 Å². The van der Waals surface area contributed by atoms with Crippen LogP contribution in [0.5, 0.6) is 11.5 Å². The molecule has 0 aliphatic heterocycles. The Bertz CT molecular complexity index is 1070. The van der Waals surface area contributed by atoms with Gasteiger partial charge in [-0.15, -0.1) is 0 Å². The maximum Gasteiger partial charge on any atom is 0.421 e. The van der Waals surface area contributed by atoms with E-state index in [1.807, 2.05) is 0 Å². The van der Waals surface area contributed by atoms with Crippen molar-refractivity contribution >= 4 is 11.6 Å². The summed E-state index contributed by atoms with van der Waals surface area (Å²) in [5, 5.41) is 2.57. The van der Waals surface area contributed by atoms with Crippen LogP contribution in [0.3, 0.4) is 0 Å². The molecule has 156 valence electrons. The fourth-order valence-corrected chi connectivity index (χ4v) is 2.96. The summed E-state index contributed by atoms with van der Waals surface area (Å²) >= 11 is 0. The first-order valence-electron chi connectivity index (χ1n) is 8.94. The summed E-state index contributed by atoms with van der Waals surface area (Å²) in [4.78, 5) is 16.1. The highest BCUT2D eigenvalue weighted by atomic mass is 19.4. The van der Waals surface area contributed by atoms with Crippen LogP contribution in [0.4, 0.5) is 23.2 Å². The number of carbonyl (C=O) groups is 1. The number of rotatable bonds is 4. The molecule has 0 unspecified atom stereocenters. The van der Waals surface area contributed by atoms with Gasteiger partial charge in [0.05, 0.1) is 5.56 Å². The predicted molar refractivity (Wildman–Crippen MR) is 104 cm³/mol. The highest BCUT2D eigenvalue weighted by Crippen LogP contribution is 2.38. The summed E-state index contributed by atoms with van der Waals surface area (Å²) in [6, 6.07) is 9.89. The molecule has 2 aromatic carbocycles. The van der Waals surface area contributed by atoms with Gasteiger partial charge in [0, 0.05) is 23.6 Å². The van der Waals surface area contributed by atoms with Gasteiger partial charge in [-0.1, -0.05) is 6.07 Å². The van der Waals surface area contributed by atoms with Gasteiger partial charge in [-0.3, -0.25) is 9.78 Å². The average molecular weight is 418 g/mol. The lowest BCUT2D eigenvalue weighted by atomic mass is 10.0. The molecule has 1 aromatic heterocycles. The van der Waals surface area contributed by atoms with E-state index in [0.29, 0.717) is 22.5 Å². The van der Waals surface area contributed by atoms with Crippen LogP contribution in [0.1, 0.15) is 32.7 Å². The number of alkyl halides is 3. The van der Waals surface area contributed by atoms with Crippen molar-refractivity contribution in [3.63, 3.8) is 0 Å². The van der Waals surface area contributed by atoms with Gasteiger partial charge in [0.25, 0.3) is 5.91 Å².